The van der Waals surface area contributed by atoms with Crippen LogP contribution in [0.2, 0.25) is 0 Å². The van der Waals surface area contributed by atoms with E-state index in [1.807, 2.05) is 20.8 Å². The Morgan fingerprint density at radius 2 is 2.07 bits per heavy atom. The van der Waals surface area contributed by atoms with E-state index in [1.54, 1.807) is 6.07 Å². The topological polar surface area (TPSA) is 79.8 Å². The first-order valence-corrected chi connectivity index (χ1v) is 9.68. The molecule has 27 heavy (non-hydrogen) atoms. The van der Waals surface area contributed by atoms with Gasteiger partial charge in [-0.1, -0.05) is 18.7 Å². The van der Waals surface area contributed by atoms with Crippen LogP contribution in [0.3, 0.4) is 0 Å². The molecule has 2 aromatic heterocycles. The number of carbonyl (C=O) groups is 1. The molecule has 0 unspecified atom stereocenters. The quantitative estimate of drug-likeness (QED) is 0.502. The second-order valence-corrected chi connectivity index (χ2v) is 7.33. The Morgan fingerprint density at radius 1 is 1.37 bits per heavy atom. The number of benzene rings is 1. The number of hydrogen-bond donors (Lipinski definition) is 2. The maximum atomic E-state index is 13.3. The van der Waals surface area contributed by atoms with E-state index in [4.69, 9.17) is 0 Å². The molecule has 0 saturated carbocycles. The normalized spacial score (nSPS) is 12.3. The van der Waals surface area contributed by atoms with E-state index in [2.05, 4.69) is 15.3 Å². The molecule has 3 rings (SSSR count). The second kappa shape index (κ2) is 7.96. The van der Waals surface area contributed by atoms with Gasteiger partial charge in [0.25, 0.3) is 5.56 Å². The van der Waals surface area contributed by atoms with Crippen LogP contribution in [0.5, 0.6) is 0 Å². The highest BCUT2D eigenvalue weighted by Crippen LogP contribution is 2.22. The van der Waals surface area contributed by atoms with Gasteiger partial charge in [0.1, 0.15) is 11.3 Å². The highest BCUT2D eigenvalue weighted by molar-refractivity contribution is 7.99. The SMILES string of the molecule is CC[C@H](C)NC(=O)CSc1nc2cc(C)[nH]c2c(=O)n1-c1ccc(F)cc1. The molecule has 0 aliphatic carbocycles. The van der Waals surface area contributed by atoms with Crippen molar-refractivity contribution >= 4 is 28.7 Å². The summed E-state index contributed by atoms with van der Waals surface area (Å²) in [5, 5.41) is 3.28. The van der Waals surface area contributed by atoms with Gasteiger partial charge in [-0.2, -0.15) is 0 Å². The lowest BCUT2D eigenvalue weighted by Crippen LogP contribution is -2.33. The van der Waals surface area contributed by atoms with E-state index >= 15 is 0 Å². The molecule has 0 bridgehead atoms. The summed E-state index contributed by atoms with van der Waals surface area (Å²) in [6.07, 6.45) is 0.837. The number of rotatable bonds is 6. The van der Waals surface area contributed by atoms with Crippen molar-refractivity contribution in [3.8, 4) is 5.69 Å². The van der Waals surface area contributed by atoms with Gasteiger partial charge in [0.2, 0.25) is 5.91 Å². The van der Waals surface area contributed by atoms with Crippen molar-refractivity contribution in [2.24, 2.45) is 0 Å². The van der Waals surface area contributed by atoms with Crippen LogP contribution >= 0.6 is 11.8 Å². The molecule has 2 heterocycles. The van der Waals surface area contributed by atoms with Crippen molar-refractivity contribution < 1.29 is 9.18 Å². The van der Waals surface area contributed by atoms with Gasteiger partial charge in [0.05, 0.1) is 17.0 Å². The minimum Gasteiger partial charge on any atom is -0.353 e. The van der Waals surface area contributed by atoms with Gasteiger partial charge in [-0.05, 0) is 50.6 Å². The van der Waals surface area contributed by atoms with Crippen LogP contribution in [0.1, 0.15) is 26.0 Å². The monoisotopic (exact) mass is 388 g/mol. The number of nitrogens with one attached hydrogen (secondary N) is 2. The fourth-order valence-electron chi connectivity index (χ4n) is 2.64. The molecule has 0 saturated heterocycles. The van der Waals surface area contributed by atoms with Gasteiger partial charge in [-0.25, -0.2) is 9.37 Å². The van der Waals surface area contributed by atoms with Crippen LogP contribution in [-0.2, 0) is 4.79 Å². The lowest BCUT2D eigenvalue weighted by atomic mass is 10.3. The van der Waals surface area contributed by atoms with E-state index in [-0.39, 0.29) is 23.3 Å². The molecule has 8 heteroatoms. The molecule has 0 radical (unpaired) electrons. The number of fused-ring (bicyclic) bond motifs is 1. The number of nitrogens with zero attached hydrogens (tertiary/aromatic N) is 2. The Labute approximate surface area is 160 Å². The maximum absolute atomic E-state index is 13.3. The average molecular weight is 388 g/mol. The van der Waals surface area contributed by atoms with Crippen LogP contribution in [-0.4, -0.2) is 32.2 Å². The van der Waals surface area contributed by atoms with Crippen LogP contribution in [0, 0.1) is 12.7 Å². The van der Waals surface area contributed by atoms with Gasteiger partial charge in [-0.15, -0.1) is 0 Å². The van der Waals surface area contributed by atoms with Crippen LogP contribution in [0.25, 0.3) is 16.7 Å². The zero-order valence-electron chi connectivity index (χ0n) is 15.4. The molecule has 6 nitrogen and oxygen atoms in total. The molecule has 3 aromatic rings. The number of aromatic amines is 1. The molecule has 0 aliphatic rings. The summed E-state index contributed by atoms with van der Waals surface area (Å²) < 4.78 is 14.7. The average Bonchev–Trinajstić information content (AvgIpc) is 3.01. The molecular formula is C19H21FN4O2S. The molecule has 0 fully saturated rings. The minimum atomic E-state index is -0.390. The Hall–Kier alpha value is -2.61. The summed E-state index contributed by atoms with van der Waals surface area (Å²) in [7, 11) is 0. The lowest BCUT2D eigenvalue weighted by molar-refractivity contribution is -0.119. The van der Waals surface area contributed by atoms with Crippen LogP contribution in [0.4, 0.5) is 4.39 Å². The molecule has 142 valence electrons. The number of carbonyl (C=O) groups excluding carboxylic acids is 1. The predicted molar refractivity (Wildman–Crippen MR) is 105 cm³/mol. The molecule has 0 aliphatic heterocycles. The van der Waals surface area contributed by atoms with E-state index in [0.29, 0.717) is 21.9 Å². The Kier molecular flexibility index (Phi) is 5.65. The standard InChI is InChI=1S/C19H21FN4O2S/c1-4-11(2)21-16(25)10-27-19-23-15-9-12(3)22-17(15)18(26)24(19)14-7-5-13(20)6-8-14/h5-9,11,22H,4,10H2,1-3H3,(H,21,25)/t11-/m0/s1. The summed E-state index contributed by atoms with van der Waals surface area (Å²) in [5.74, 6) is -0.384. The number of aryl methyl sites for hydroxylation is 1. The molecule has 1 amide bonds. The predicted octanol–water partition coefficient (Wildman–Crippen LogP) is 3.17. The van der Waals surface area contributed by atoms with Crippen molar-refractivity contribution in [3.63, 3.8) is 0 Å². The zero-order chi connectivity index (χ0) is 19.6. The fourth-order valence-corrected chi connectivity index (χ4v) is 3.46. The third kappa shape index (κ3) is 4.21. The largest absolute Gasteiger partial charge is 0.353 e. The van der Waals surface area contributed by atoms with Crippen LogP contribution < -0.4 is 10.9 Å². The highest BCUT2D eigenvalue weighted by atomic mass is 32.2. The summed E-state index contributed by atoms with van der Waals surface area (Å²) in [5.41, 5.74) is 1.94. The Morgan fingerprint density at radius 3 is 2.74 bits per heavy atom. The first-order chi connectivity index (χ1) is 12.9. The van der Waals surface area contributed by atoms with Crippen molar-refractivity contribution in [1.82, 2.24) is 19.9 Å². The third-order valence-corrected chi connectivity index (χ3v) is 5.13. The highest BCUT2D eigenvalue weighted by Gasteiger charge is 2.16. The van der Waals surface area contributed by atoms with Crippen molar-refractivity contribution in [1.29, 1.82) is 0 Å². The second-order valence-electron chi connectivity index (χ2n) is 6.39. The molecule has 0 spiro atoms. The summed E-state index contributed by atoms with van der Waals surface area (Å²) in [4.78, 5) is 32.7. The Bertz CT molecular complexity index is 1030. The summed E-state index contributed by atoms with van der Waals surface area (Å²) in [6, 6.07) is 7.48. The molecule has 1 aromatic carbocycles. The first-order valence-electron chi connectivity index (χ1n) is 8.69. The van der Waals surface area contributed by atoms with E-state index in [0.717, 1.165) is 12.1 Å². The number of hydrogen-bond acceptors (Lipinski definition) is 4. The third-order valence-electron chi connectivity index (χ3n) is 4.19. The van der Waals surface area contributed by atoms with Gasteiger partial charge in [0.15, 0.2) is 5.16 Å². The Balaban J connectivity index is 2.01. The van der Waals surface area contributed by atoms with Crippen LogP contribution in [0.15, 0.2) is 40.3 Å². The van der Waals surface area contributed by atoms with Crippen molar-refractivity contribution in [2.75, 3.05) is 5.75 Å². The summed E-state index contributed by atoms with van der Waals surface area (Å²) >= 11 is 1.18. The molecule has 1 atom stereocenters. The first kappa shape index (κ1) is 19.2. The minimum absolute atomic E-state index is 0.0835. The van der Waals surface area contributed by atoms with Crippen molar-refractivity contribution in [2.45, 2.75) is 38.4 Å². The number of amides is 1. The molecule has 2 N–H and O–H groups in total. The number of halogens is 1. The van der Waals surface area contributed by atoms with Gasteiger partial charge >= 0.3 is 0 Å². The maximum Gasteiger partial charge on any atom is 0.283 e. The fraction of sp³-hybridized carbons (Fsp3) is 0.316. The lowest BCUT2D eigenvalue weighted by Gasteiger charge is -2.13. The number of thioether (sulfide) groups is 1. The molecular weight excluding hydrogens is 367 g/mol. The van der Waals surface area contributed by atoms with E-state index in [9.17, 15) is 14.0 Å². The smallest absolute Gasteiger partial charge is 0.283 e. The number of aromatic nitrogens is 3. The number of H-pyrrole nitrogens is 1. The summed E-state index contributed by atoms with van der Waals surface area (Å²) in [6.45, 7) is 5.77. The van der Waals surface area contributed by atoms with Gasteiger partial charge in [0, 0.05) is 11.7 Å². The zero-order valence-corrected chi connectivity index (χ0v) is 16.2. The van der Waals surface area contributed by atoms with E-state index < -0.39 is 5.82 Å². The van der Waals surface area contributed by atoms with E-state index in [1.165, 1.54) is 40.6 Å². The van der Waals surface area contributed by atoms with Gasteiger partial charge in [-0.3, -0.25) is 14.2 Å². The van der Waals surface area contributed by atoms with Crippen molar-refractivity contribution in [3.05, 3.63) is 52.2 Å². The van der Waals surface area contributed by atoms with Gasteiger partial charge < -0.3 is 10.3 Å².